The van der Waals surface area contributed by atoms with Gasteiger partial charge in [-0.25, -0.2) is 4.79 Å². The van der Waals surface area contributed by atoms with Crippen LogP contribution < -0.4 is 16.4 Å². The molecule has 1 aliphatic heterocycles. The van der Waals surface area contributed by atoms with Crippen LogP contribution in [0.15, 0.2) is 18.2 Å². The molecule has 1 heterocycles. The maximum Gasteiger partial charge on any atom is 0.490 e. The number of carbonyl (C=O) groups is 1. The quantitative estimate of drug-likeness (QED) is 0.711. The number of hydrogen-bond acceptors (Lipinski definition) is 4. The van der Waals surface area contributed by atoms with E-state index in [-0.39, 0.29) is 0 Å². The molecule has 1 aromatic carbocycles. The third-order valence-corrected chi connectivity index (χ3v) is 3.76. The minimum absolute atomic E-state index is 0.671. The molecular formula is C14H19ClF3N3O2. The lowest BCUT2D eigenvalue weighted by Crippen LogP contribution is -2.36. The van der Waals surface area contributed by atoms with Crippen LogP contribution in [0.25, 0.3) is 0 Å². The number of nitrogen functional groups attached to an aromatic ring is 1. The average molecular weight is 354 g/mol. The average Bonchev–Trinajstić information content (AvgIpc) is 2.47. The van der Waals surface area contributed by atoms with E-state index in [1.165, 1.54) is 0 Å². The second-order valence-corrected chi connectivity index (χ2v) is 5.61. The largest absolute Gasteiger partial charge is 0.490 e. The van der Waals surface area contributed by atoms with E-state index in [0.717, 1.165) is 43.9 Å². The van der Waals surface area contributed by atoms with Crippen LogP contribution in [0.4, 0.5) is 24.5 Å². The first-order valence-electron chi connectivity index (χ1n) is 6.95. The number of anilines is 2. The van der Waals surface area contributed by atoms with E-state index in [0.29, 0.717) is 10.9 Å². The summed E-state index contributed by atoms with van der Waals surface area (Å²) in [6.07, 6.45) is -2.78. The van der Waals surface area contributed by atoms with Gasteiger partial charge in [-0.2, -0.15) is 13.2 Å². The molecule has 23 heavy (non-hydrogen) atoms. The molecule has 0 unspecified atom stereocenters. The normalized spacial score (nSPS) is 15.8. The van der Waals surface area contributed by atoms with Gasteiger partial charge < -0.3 is 21.5 Å². The molecule has 1 aliphatic rings. The molecule has 0 amide bonds. The smallest absolute Gasteiger partial charge is 0.475 e. The molecule has 130 valence electrons. The van der Waals surface area contributed by atoms with Crippen molar-refractivity contribution in [2.24, 2.45) is 11.7 Å². The SMILES string of the molecule is NCC1CCN(c2ccc(Cl)cc2N)CC1.O=C(O)C(F)(F)F. The topological polar surface area (TPSA) is 92.6 Å². The van der Waals surface area contributed by atoms with E-state index in [1.807, 2.05) is 18.2 Å². The Balaban J connectivity index is 0.000000322. The Morgan fingerprint density at radius 3 is 2.26 bits per heavy atom. The summed E-state index contributed by atoms with van der Waals surface area (Å²) in [6.45, 7) is 2.87. The molecule has 5 N–H and O–H groups in total. The number of carboxylic acid groups (broad SMARTS) is 1. The van der Waals surface area contributed by atoms with E-state index in [9.17, 15) is 13.2 Å². The van der Waals surface area contributed by atoms with Crippen molar-refractivity contribution in [3.05, 3.63) is 23.2 Å². The predicted octanol–water partition coefficient (Wildman–Crippen LogP) is 2.73. The molecular weight excluding hydrogens is 335 g/mol. The highest BCUT2D eigenvalue weighted by atomic mass is 35.5. The molecule has 1 aromatic rings. The van der Waals surface area contributed by atoms with E-state index in [2.05, 4.69) is 4.90 Å². The van der Waals surface area contributed by atoms with Gasteiger partial charge in [0.15, 0.2) is 0 Å². The summed E-state index contributed by atoms with van der Waals surface area (Å²) in [6, 6.07) is 5.70. The Morgan fingerprint density at radius 2 is 1.87 bits per heavy atom. The number of alkyl halides is 3. The highest BCUT2D eigenvalue weighted by molar-refractivity contribution is 6.31. The number of rotatable bonds is 2. The van der Waals surface area contributed by atoms with Crippen molar-refractivity contribution in [3.8, 4) is 0 Å². The molecule has 0 radical (unpaired) electrons. The summed E-state index contributed by atoms with van der Waals surface area (Å²) in [5, 5.41) is 7.82. The summed E-state index contributed by atoms with van der Waals surface area (Å²) >= 11 is 5.89. The van der Waals surface area contributed by atoms with Crippen molar-refractivity contribution in [2.75, 3.05) is 30.3 Å². The summed E-state index contributed by atoms with van der Waals surface area (Å²) in [7, 11) is 0. The minimum atomic E-state index is -5.08. The minimum Gasteiger partial charge on any atom is -0.475 e. The second kappa shape index (κ2) is 8.26. The third kappa shape index (κ3) is 6.15. The van der Waals surface area contributed by atoms with E-state index in [4.69, 9.17) is 33.0 Å². The Hall–Kier alpha value is -1.67. The van der Waals surface area contributed by atoms with Crippen molar-refractivity contribution in [3.63, 3.8) is 0 Å². The van der Waals surface area contributed by atoms with Crippen molar-refractivity contribution in [2.45, 2.75) is 19.0 Å². The fraction of sp³-hybridized carbons (Fsp3) is 0.500. The number of hydrogen-bond donors (Lipinski definition) is 3. The molecule has 0 aliphatic carbocycles. The van der Waals surface area contributed by atoms with Crippen molar-refractivity contribution >= 4 is 28.9 Å². The van der Waals surface area contributed by atoms with Crippen LogP contribution >= 0.6 is 11.6 Å². The molecule has 0 bridgehead atoms. The Labute approximate surface area is 137 Å². The number of aliphatic carboxylic acids is 1. The maximum absolute atomic E-state index is 10.6. The van der Waals surface area contributed by atoms with Crippen LogP contribution in [0.2, 0.25) is 5.02 Å². The number of piperidine rings is 1. The molecule has 5 nitrogen and oxygen atoms in total. The summed E-state index contributed by atoms with van der Waals surface area (Å²) < 4.78 is 31.7. The summed E-state index contributed by atoms with van der Waals surface area (Å²) in [5.41, 5.74) is 13.5. The van der Waals surface area contributed by atoms with Crippen molar-refractivity contribution in [1.29, 1.82) is 0 Å². The van der Waals surface area contributed by atoms with Crippen LogP contribution in [0.3, 0.4) is 0 Å². The van der Waals surface area contributed by atoms with Gasteiger partial charge in [0, 0.05) is 18.1 Å². The molecule has 0 atom stereocenters. The third-order valence-electron chi connectivity index (χ3n) is 3.52. The number of nitrogens with zero attached hydrogens (tertiary/aromatic N) is 1. The summed E-state index contributed by atoms with van der Waals surface area (Å²) in [4.78, 5) is 11.2. The van der Waals surface area contributed by atoms with Crippen LogP contribution in [-0.2, 0) is 4.79 Å². The molecule has 9 heteroatoms. The predicted molar refractivity (Wildman–Crippen MR) is 83.5 cm³/mol. The highest BCUT2D eigenvalue weighted by Gasteiger charge is 2.38. The van der Waals surface area contributed by atoms with Gasteiger partial charge in [-0.1, -0.05) is 11.6 Å². The van der Waals surface area contributed by atoms with Gasteiger partial charge in [0.05, 0.1) is 11.4 Å². The zero-order chi connectivity index (χ0) is 17.6. The van der Waals surface area contributed by atoms with Crippen molar-refractivity contribution in [1.82, 2.24) is 0 Å². The van der Waals surface area contributed by atoms with Gasteiger partial charge in [0.1, 0.15) is 0 Å². The standard InChI is InChI=1S/C12H18ClN3.C2HF3O2/c13-10-1-2-12(11(15)7-10)16-5-3-9(8-14)4-6-16;3-2(4,5)1(6)7/h1-2,7,9H,3-6,8,14-15H2;(H,6,7). The van der Waals surface area contributed by atoms with E-state index >= 15 is 0 Å². The Kier molecular flexibility index (Phi) is 6.96. The lowest BCUT2D eigenvalue weighted by molar-refractivity contribution is -0.192. The van der Waals surface area contributed by atoms with Gasteiger partial charge in [0.25, 0.3) is 0 Å². The number of nitrogens with two attached hydrogens (primary N) is 2. The highest BCUT2D eigenvalue weighted by Crippen LogP contribution is 2.29. The molecule has 0 spiro atoms. The second-order valence-electron chi connectivity index (χ2n) is 5.17. The van der Waals surface area contributed by atoms with Crippen LogP contribution in [-0.4, -0.2) is 36.9 Å². The number of carboxylic acids is 1. The number of benzene rings is 1. The summed E-state index contributed by atoms with van der Waals surface area (Å²) in [5.74, 6) is -2.09. The molecule has 0 aromatic heterocycles. The van der Waals surface area contributed by atoms with Crippen molar-refractivity contribution < 1.29 is 23.1 Å². The first-order valence-corrected chi connectivity index (χ1v) is 7.33. The number of halogens is 4. The van der Waals surface area contributed by atoms with Gasteiger partial charge in [-0.15, -0.1) is 0 Å². The molecule has 2 rings (SSSR count). The van der Waals surface area contributed by atoms with Crippen LogP contribution in [0.1, 0.15) is 12.8 Å². The van der Waals surface area contributed by atoms with Crippen LogP contribution in [0.5, 0.6) is 0 Å². The van der Waals surface area contributed by atoms with E-state index < -0.39 is 12.1 Å². The Bertz CT molecular complexity index is 532. The lowest BCUT2D eigenvalue weighted by atomic mass is 9.96. The maximum atomic E-state index is 10.6. The van der Waals surface area contributed by atoms with Gasteiger partial charge >= 0.3 is 12.1 Å². The fourth-order valence-electron chi connectivity index (χ4n) is 2.22. The zero-order valence-corrected chi connectivity index (χ0v) is 13.1. The first-order chi connectivity index (χ1) is 10.6. The molecule has 1 fully saturated rings. The fourth-order valence-corrected chi connectivity index (χ4v) is 2.40. The molecule has 0 saturated carbocycles. The van der Waals surface area contributed by atoms with Gasteiger partial charge in [-0.3, -0.25) is 0 Å². The lowest BCUT2D eigenvalue weighted by Gasteiger charge is -2.33. The monoisotopic (exact) mass is 353 g/mol. The zero-order valence-electron chi connectivity index (χ0n) is 12.3. The van der Waals surface area contributed by atoms with E-state index in [1.54, 1.807) is 0 Å². The van der Waals surface area contributed by atoms with Crippen LogP contribution in [0, 0.1) is 5.92 Å². The Morgan fingerprint density at radius 1 is 1.35 bits per heavy atom. The first kappa shape index (κ1) is 19.4. The van der Waals surface area contributed by atoms with Gasteiger partial charge in [0.2, 0.25) is 0 Å². The van der Waals surface area contributed by atoms with Gasteiger partial charge in [-0.05, 0) is 43.5 Å². The molecule has 1 saturated heterocycles.